The third kappa shape index (κ3) is 5.59. The van der Waals surface area contributed by atoms with Crippen LogP contribution in [0, 0.1) is 5.41 Å². The molecule has 0 radical (unpaired) electrons. The predicted octanol–water partition coefficient (Wildman–Crippen LogP) is 3.20. The average Bonchev–Trinajstić information content (AvgIpc) is 2.04. The molecule has 0 spiro atoms. The second-order valence-corrected chi connectivity index (χ2v) is 4.53. The van der Waals surface area contributed by atoms with Crippen LogP contribution in [0.1, 0.15) is 53.9 Å². The summed E-state index contributed by atoms with van der Waals surface area (Å²) in [5, 5.41) is 3.52. The lowest BCUT2D eigenvalue weighted by Gasteiger charge is -2.23. The predicted molar refractivity (Wildman–Crippen MR) is 56.4 cm³/mol. The van der Waals surface area contributed by atoms with Crippen LogP contribution in [0.3, 0.4) is 0 Å². The van der Waals surface area contributed by atoms with E-state index in [-0.39, 0.29) is 0 Å². The summed E-state index contributed by atoms with van der Waals surface area (Å²) in [5.74, 6) is 0. The molecule has 74 valence electrons. The van der Waals surface area contributed by atoms with Gasteiger partial charge in [-0.2, -0.15) is 0 Å². The normalized spacial score (nSPS) is 14.8. The van der Waals surface area contributed by atoms with E-state index in [4.69, 9.17) is 0 Å². The van der Waals surface area contributed by atoms with Crippen LogP contribution in [-0.2, 0) is 0 Å². The average molecular weight is 171 g/mol. The zero-order valence-corrected chi connectivity index (χ0v) is 9.41. The first kappa shape index (κ1) is 12.0. The van der Waals surface area contributed by atoms with E-state index in [9.17, 15) is 0 Å². The van der Waals surface area contributed by atoms with Crippen LogP contribution in [0.25, 0.3) is 0 Å². The van der Waals surface area contributed by atoms with E-state index in [2.05, 4.69) is 39.9 Å². The summed E-state index contributed by atoms with van der Waals surface area (Å²) in [5.41, 5.74) is 0.514. The van der Waals surface area contributed by atoms with Crippen molar-refractivity contribution in [3.8, 4) is 0 Å². The van der Waals surface area contributed by atoms with Crippen molar-refractivity contribution in [1.29, 1.82) is 0 Å². The highest BCUT2D eigenvalue weighted by molar-refractivity contribution is 4.68. The zero-order valence-electron chi connectivity index (χ0n) is 9.41. The minimum absolute atomic E-state index is 0.514. The van der Waals surface area contributed by atoms with Gasteiger partial charge in [0.25, 0.3) is 0 Å². The maximum atomic E-state index is 3.52. The van der Waals surface area contributed by atoms with Crippen LogP contribution in [0.15, 0.2) is 0 Å². The topological polar surface area (TPSA) is 12.0 Å². The maximum absolute atomic E-state index is 3.52. The van der Waals surface area contributed by atoms with E-state index in [1.165, 1.54) is 19.3 Å². The third-order valence-electron chi connectivity index (χ3n) is 2.86. The summed E-state index contributed by atoms with van der Waals surface area (Å²) in [7, 11) is 0. The molecule has 0 heterocycles. The fourth-order valence-corrected chi connectivity index (χ4v) is 0.978. The van der Waals surface area contributed by atoms with Crippen LogP contribution in [0.5, 0.6) is 0 Å². The van der Waals surface area contributed by atoms with Crippen LogP contribution >= 0.6 is 0 Å². The van der Waals surface area contributed by atoms with Crippen molar-refractivity contribution in [3.63, 3.8) is 0 Å². The second kappa shape index (κ2) is 5.58. The zero-order chi connectivity index (χ0) is 9.61. The van der Waals surface area contributed by atoms with Gasteiger partial charge in [-0.25, -0.2) is 0 Å². The molecule has 0 aliphatic carbocycles. The van der Waals surface area contributed by atoms with Crippen molar-refractivity contribution in [2.24, 2.45) is 5.41 Å². The molecule has 0 fully saturated rings. The van der Waals surface area contributed by atoms with Gasteiger partial charge in [0, 0.05) is 6.04 Å². The highest BCUT2D eigenvalue weighted by Crippen LogP contribution is 2.23. The Morgan fingerprint density at radius 2 is 1.83 bits per heavy atom. The molecule has 0 aliphatic heterocycles. The van der Waals surface area contributed by atoms with Gasteiger partial charge < -0.3 is 5.32 Å². The molecular weight excluding hydrogens is 146 g/mol. The monoisotopic (exact) mass is 171 g/mol. The van der Waals surface area contributed by atoms with Crippen molar-refractivity contribution in [3.05, 3.63) is 0 Å². The number of hydrogen-bond acceptors (Lipinski definition) is 1. The van der Waals surface area contributed by atoms with E-state index < -0.39 is 0 Å². The SMILES string of the molecule is CCC(C)NCCC(C)(C)CC. The molecule has 1 heteroatoms. The lowest BCUT2D eigenvalue weighted by Crippen LogP contribution is -2.29. The van der Waals surface area contributed by atoms with E-state index in [1.54, 1.807) is 0 Å². The van der Waals surface area contributed by atoms with Crippen molar-refractivity contribution >= 4 is 0 Å². The van der Waals surface area contributed by atoms with Crippen LogP contribution < -0.4 is 5.32 Å². The third-order valence-corrected chi connectivity index (χ3v) is 2.86. The number of rotatable bonds is 6. The van der Waals surface area contributed by atoms with E-state index in [1.807, 2.05) is 0 Å². The molecule has 1 N–H and O–H groups in total. The molecule has 1 unspecified atom stereocenters. The molecule has 0 aromatic rings. The quantitative estimate of drug-likeness (QED) is 0.647. The molecule has 0 saturated heterocycles. The first-order valence-electron chi connectivity index (χ1n) is 5.25. The molecule has 0 bridgehead atoms. The standard InChI is InChI=1S/C11H25N/c1-6-10(3)12-9-8-11(4,5)7-2/h10,12H,6-9H2,1-5H3. The molecule has 0 aliphatic rings. The summed E-state index contributed by atoms with van der Waals surface area (Å²) in [6.45, 7) is 12.6. The molecule has 1 nitrogen and oxygen atoms in total. The van der Waals surface area contributed by atoms with Crippen molar-refractivity contribution < 1.29 is 0 Å². The Balaban J connectivity index is 3.42. The van der Waals surface area contributed by atoms with Crippen LogP contribution in [0.4, 0.5) is 0 Å². The molecule has 1 atom stereocenters. The summed E-state index contributed by atoms with van der Waals surface area (Å²) >= 11 is 0. The van der Waals surface area contributed by atoms with Gasteiger partial charge in [0.2, 0.25) is 0 Å². The van der Waals surface area contributed by atoms with Gasteiger partial charge in [-0.15, -0.1) is 0 Å². The van der Waals surface area contributed by atoms with Crippen LogP contribution in [0.2, 0.25) is 0 Å². The first-order valence-corrected chi connectivity index (χ1v) is 5.25. The van der Waals surface area contributed by atoms with Gasteiger partial charge >= 0.3 is 0 Å². The molecule has 0 aromatic carbocycles. The molecule has 0 saturated carbocycles. The molecule has 0 amide bonds. The minimum atomic E-state index is 0.514. The Labute approximate surface area is 77.9 Å². The van der Waals surface area contributed by atoms with Crippen molar-refractivity contribution in [2.45, 2.75) is 59.9 Å². The Bertz CT molecular complexity index is 108. The Morgan fingerprint density at radius 1 is 1.25 bits per heavy atom. The van der Waals surface area contributed by atoms with E-state index in [0.29, 0.717) is 11.5 Å². The lowest BCUT2D eigenvalue weighted by molar-refractivity contribution is 0.308. The molecule has 12 heavy (non-hydrogen) atoms. The highest BCUT2D eigenvalue weighted by Gasteiger charge is 2.14. The largest absolute Gasteiger partial charge is 0.314 e. The minimum Gasteiger partial charge on any atom is -0.314 e. The summed E-state index contributed by atoms with van der Waals surface area (Å²) in [6, 6.07) is 0.678. The van der Waals surface area contributed by atoms with E-state index in [0.717, 1.165) is 6.54 Å². The summed E-state index contributed by atoms with van der Waals surface area (Å²) in [4.78, 5) is 0. The summed E-state index contributed by atoms with van der Waals surface area (Å²) < 4.78 is 0. The van der Waals surface area contributed by atoms with Gasteiger partial charge in [-0.05, 0) is 31.7 Å². The Kier molecular flexibility index (Phi) is 5.56. The van der Waals surface area contributed by atoms with Crippen molar-refractivity contribution in [2.75, 3.05) is 6.54 Å². The van der Waals surface area contributed by atoms with Crippen LogP contribution in [-0.4, -0.2) is 12.6 Å². The summed E-state index contributed by atoms with van der Waals surface area (Å²) in [6.07, 6.45) is 3.79. The van der Waals surface area contributed by atoms with E-state index >= 15 is 0 Å². The highest BCUT2D eigenvalue weighted by atomic mass is 14.9. The second-order valence-electron chi connectivity index (χ2n) is 4.53. The smallest absolute Gasteiger partial charge is 0.00361 e. The Hall–Kier alpha value is -0.0400. The lowest BCUT2D eigenvalue weighted by atomic mass is 9.86. The fourth-order valence-electron chi connectivity index (χ4n) is 0.978. The fraction of sp³-hybridized carbons (Fsp3) is 1.00. The number of nitrogens with one attached hydrogen (secondary N) is 1. The van der Waals surface area contributed by atoms with Gasteiger partial charge in [0.15, 0.2) is 0 Å². The van der Waals surface area contributed by atoms with Gasteiger partial charge in [0.1, 0.15) is 0 Å². The number of hydrogen-bond donors (Lipinski definition) is 1. The van der Waals surface area contributed by atoms with Gasteiger partial charge in [-0.3, -0.25) is 0 Å². The van der Waals surface area contributed by atoms with Crippen molar-refractivity contribution in [1.82, 2.24) is 5.32 Å². The van der Waals surface area contributed by atoms with Gasteiger partial charge in [-0.1, -0.05) is 34.1 Å². The van der Waals surface area contributed by atoms with Gasteiger partial charge in [0.05, 0.1) is 0 Å². The maximum Gasteiger partial charge on any atom is 0.00361 e. The Morgan fingerprint density at radius 3 is 2.25 bits per heavy atom. The molecule has 0 aromatic heterocycles. The molecular formula is C11H25N. The molecule has 0 rings (SSSR count). The first-order chi connectivity index (χ1) is 5.52.